The van der Waals surface area contributed by atoms with Crippen molar-refractivity contribution in [3.8, 4) is 5.75 Å². The Morgan fingerprint density at radius 3 is 2.12 bits per heavy atom. The van der Waals surface area contributed by atoms with Gasteiger partial charge in [0.2, 0.25) is 11.8 Å². The van der Waals surface area contributed by atoms with Gasteiger partial charge in [0.15, 0.2) is 0 Å². The highest BCUT2D eigenvalue weighted by Gasteiger charge is 2.36. The number of anilines is 1. The second-order valence-corrected chi connectivity index (χ2v) is 15.5. The molecule has 8 nitrogen and oxygen atoms in total. The molecule has 2 amide bonds. The summed E-state index contributed by atoms with van der Waals surface area (Å²) in [6.07, 6.45) is 0.154. The lowest BCUT2D eigenvalue weighted by Crippen LogP contribution is -2.56. The van der Waals surface area contributed by atoms with Crippen molar-refractivity contribution in [1.82, 2.24) is 10.2 Å². The van der Waals surface area contributed by atoms with Gasteiger partial charge in [-0.3, -0.25) is 13.9 Å². The van der Waals surface area contributed by atoms with Crippen LogP contribution in [0.25, 0.3) is 0 Å². The zero-order valence-corrected chi connectivity index (χ0v) is 30.4. The Hall–Kier alpha value is -3.76. The molecule has 0 spiro atoms. The summed E-state index contributed by atoms with van der Waals surface area (Å²) in [5.41, 5.74) is 1.69. The Balaban J connectivity index is 1.88. The van der Waals surface area contributed by atoms with Crippen molar-refractivity contribution < 1.29 is 22.7 Å². The zero-order chi connectivity index (χ0) is 35.2. The van der Waals surface area contributed by atoms with E-state index >= 15 is 0 Å². The van der Waals surface area contributed by atoms with Crippen LogP contribution in [0.3, 0.4) is 0 Å². The summed E-state index contributed by atoms with van der Waals surface area (Å²) in [6, 6.07) is 24.0. The number of halogens is 3. The van der Waals surface area contributed by atoms with Gasteiger partial charge < -0.3 is 15.0 Å². The minimum absolute atomic E-state index is 0.0368. The molecule has 4 aromatic carbocycles. The quantitative estimate of drug-likeness (QED) is 0.161. The normalized spacial score (nSPS) is 12.2. The van der Waals surface area contributed by atoms with Crippen LogP contribution in [0.2, 0.25) is 15.1 Å². The van der Waals surface area contributed by atoms with Gasteiger partial charge in [-0.15, -0.1) is 0 Å². The van der Waals surface area contributed by atoms with Crippen LogP contribution in [0.5, 0.6) is 5.75 Å². The molecule has 0 aliphatic rings. The molecule has 0 saturated carbocycles. The van der Waals surface area contributed by atoms with E-state index in [0.717, 1.165) is 15.4 Å². The maximum Gasteiger partial charge on any atom is 0.264 e. The Morgan fingerprint density at radius 1 is 0.854 bits per heavy atom. The summed E-state index contributed by atoms with van der Waals surface area (Å²) in [4.78, 5) is 30.1. The van der Waals surface area contributed by atoms with Gasteiger partial charge in [-0.2, -0.15) is 0 Å². The number of sulfonamides is 1. The van der Waals surface area contributed by atoms with Gasteiger partial charge in [-0.25, -0.2) is 8.42 Å². The molecule has 0 heterocycles. The lowest BCUT2D eigenvalue weighted by molar-refractivity contribution is -0.140. The number of benzene rings is 4. The van der Waals surface area contributed by atoms with Gasteiger partial charge in [-0.05, 0) is 81.3 Å². The van der Waals surface area contributed by atoms with Gasteiger partial charge in [0.25, 0.3) is 10.0 Å². The van der Waals surface area contributed by atoms with Crippen molar-refractivity contribution in [3.05, 3.63) is 123 Å². The Morgan fingerprint density at radius 2 is 1.52 bits per heavy atom. The van der Waals surface area contributed by atoms with E-state index in [1.54, 1.807) is 36.4 Å². The van der Waals surface area contributed by atoms with Crippen LogP contribution in [0.15, 0.2) is 95.9 Å². The molecule has 1 atom stereocenters. The third kappa shape index (κ3) is 9.44. The molecule has 0 aliphatic carbocycles. The molecule has 48 heavy (non-hydrogen) atoms. The van der Waals surface area contributed by atoms with Gasteiger partial charge >= 0.3 is 0 Å². The predicted octanol–water partition coefficient (Wildman–Crippen LogP) is 7.71. The first-order valence-electron chi connectivity index (χ1n) is 15.1. The van der Waals surface area contributed by atoms with Crippen LogP contribution < -0.4 is 14.4 Å². The van der Waals surface area contributed by atoms with Crippen LogP contribution in [-0.4, -0.2) is 50.4 Å². The van der Waals surface area contributed by atoms with Crippen molar-refractivity contribution in [2.75, 3.05) is 18.0 Å². The number of carbonyl (C=O) groups is 2. The second-order valence-electron chi connectivity index (χ2n) is 12.4. The summed E-state index contributed by atoms with van der Waals surface area (Å²) in [7, 11) is -2.96. The van der Waals surface area contributed by atoms with Crippen molar-refractivity contribution in [1.29, 1.82) is 0 Å². The maximum atomic E-state index is 14.7. The van der Waals surface area contributed by atoms with E-state index in [0.29, 0.717) is 10.6 Å². The van der Waals surface area contributed by atoms with Gasteiger partial charge in [0.05, 0.1) is 27.7 Å². The summed E-state index contributed by atoms with van der Waals surface area (Å²) in [6.45, 7) is 6.62. The van der Waals surface area contributed by atoms with Crippen molar-refractivity contribution in [3.63, 3.8) is 0 Å². The Labute approximate surface area is 297 Å². The van der Waals surface area contributed by atoms with Gasteiger partial charge in [0.1, 0.15) is 18.3 Å². The standard InChI is InChI=1S/C36H38Cl3N3O5S/c1-24-11-15-28(16-12-24)48(45,46)42(31-21-27(37)14-18-33(31)47-5)23-34(43)41(22-26-13-17-29(38)30(39)19-26)32(35(44)40-36(2,3)4)20-25-9-7-6-8-10-25/h6-19,21,32H,20,22-23H2,1-5H3,(H,40,44)/t32-/m1/s1. The Kier molecular flexibility index (Phi) is 12.1. The van der Waals surface area contributed by atoms with Crippen LogP contribution in [-0.2, 0) is 32.6 Å². The zero-order valence-electron chi connectivity index (χ0n) is 27.3. The molecule has 0 unspecified atom stereocenters. The molecule has 1 N–H and O–H groups in total. The molecular formula is C36H38Cl3N3O5S. The molecule has 0 radical (unpaired) electrons. The van der Waals surface area contributed by atoms with E-state index in [1.807, 2.05) is 58.0 Å². The SMILES string of the molecule is COc1ccc(Cl)cc1N(CC(=O)N(Cc1ccc(Cl)c(Cl)c1)[C@H](Cc1ccccc1)C(=O)NC(C)(C)C)S(=O)(=O)c1ccc(C)cc1. The first-order chi connectivity index (χ1) is 22.6. The number of hydrogen-bond acceptors (Lipinski definition) is 5. The minimum atomic E-state index is -4.36. The molecule has 0 saturated heterocycles. The highest BCUT2D eigenvalue weighted by molar-refractivity contribution is 7.92. The molecule has 0 fully saturated rings. The van der Waals surface area contributed by atoms with Crippen molar-refractivity contribution >= 4 is 62.3 Å². The fourth-order valence-corrected chi connectivity index (χ4v) is 6.95. The summed E-state index contributed by atoms with van der Waals surface area (Å²) >= 11 is 18.9. The fraction of sp³-hybridized carbons (Fsp3) is 0.278. The maximum absolute atomic E-state index is 14.7. The lowest BCUT2D eigenvalue weighted by atomic mass is 10.0. The molecule has 0 bridgehead atoms. The van der Waals surface area contributed by atoms with E-state index in [9.17, 15) is 18.0 Å². The number of hydrogen-bond donors (Lipinski definition) is 1. The summed E-state index contributed by atoms with van der Waals surface area (Å²) in [5.74, 6) is -0.873. The molecule has 0 aliphatic heterocycles. The van der Waals surface area contributed by atoms with E-state index in [1.165, 1.54) is 36.3 Å². The van der Waals surface area contributed by atoms with Crippen LogP contribution >= 0.6 is 34.8 Å². The minimum Gasteiger partial charge on any atom is -0.495 e. The number of rotatable bonds is 12. The number of nitrogens with zero attached hydrogens (tertiary/aromatic N) is 2. The van der Waals surface area contributed by atoms with Gasteiger partial charge in [-0.1, -0.05) is 88.9 Å². The average molecular weight is 731 g/mol. The van der Waals surface area contributed by atoms with Crippen LogP contribution in [0.1, 0.15) is 37.5 Å². The first-order valence-corrected chi connectivity index (χ1v) is 17.7. The Bertz CT molecular complexity index is 1860. The van der Waals surface area contributed by atoms with E-state index in [2.05, 4.69) is 5.32 Å². The number of aryl methyl sites for hydroxylation is 1. The lowest BCUT2D eigenvalue weighted by Gasteiger charge is -2.35. The number of carbonyl (C=O) groups excluding carboxylic acids is 2. The van der Waals surface area contributed by atoms with Gasteiger partial charge in [0, 0.05) is 23.5 Å². The summed E-state index contributed by atoms with van der Waals surface area (Å²) < 4.78 is 35.2. The number of amides is 2. The van der Waals surface area contributed by atoms with Crippen LogP contribution in [0.4, 0.5) is 5.69 Å². The number of nitrogens with one attached hydrogen (secondary N) is 1. The molecular weight excluding hydrogens is 693 g/mol. The topological polar surface area (TPSA) is 96.0 Å². The predicted molar refractivity (Wildman–Crippen MR) is 193 cm³/mol. The van der Waals surface area contributed by atoms with Crippen molar-refractivity contribution in [2.45, 2.75) is 57.1 Å². The molecule has 0 aromatic heterocycles. The first kappa shape index (κ1) is 37.1. The third-order valence-corrected chi connectivity index (χ3v) is 10.2. The molecule has 12 heteroatoms. The third-order valence-electron chi connectivity index (χ3n) is 7.40. The molecule has 4 rings (SSSR count). The average Bonchev–Trinajstić information content (AvgIpc) is 3.03. The van der Waals surface area contributed by atoms with E-state index in [-0.39, 0.29) is 39.3 Å². The number of ether oxygens (including phenoxy) is 1. The monoisotopic (exact) mass is 729 g/mol. The van der Waals surface area contributed by atoms with E-state index in [4.69, 9.17) is 39.5 Å². The largest absolute Gasteiger partial charge is 0.495 e. The van der Waals surface area contributed by atoms with Crippen molar-refractivity contribution in [2.24, 2.45) is 0 Å². The summed E-state index contributed by atoms with van der Waals surface area (Å²) in [5, 5.41) is 3.84. The van der Waals surface area contributed by atoms with Crippen LogP contribution in [0, 0.1) is 6.92 Å². The highest BCUT2D eigenvalue weighted by Crippen LogP contribution is 2.35. The molecule has 254 valence electrons. The van der Waals surface area contributed by atoms with E-state index < -0.39 is 40.0 Å². The second kappa shape index (κ2) is 15.6. The fourth-order valence-electron chi connectivity index (χ4n) is 5.05. The smallest absolute Gasteiger partial charge is 0.264 e. The highest BCUT2D eigenvalue weighted by atomic mass is 35.5. The number of methoxy groups -OCH3 is 1. The molecule has 4 aromatic rings.